The van der Waals surface area contributed by atoms with Gasteiger partial charge in [0.1, 0.15) is 12.3 Å². The van der Waals surface area contributed by atoms with Gasteiger partial charge in [0.05, 0.1) is 19.1 Å². The van der Waals surface area contributed by atoms with Crippen molar-refractivity contribution in [1.29, 1.82) is 0 Å². The Kier molecular flexibility index (Phi) is 3.59. The molecule has 3 N–H and O–H groups in total. The maximum atomic E-state index is 11.1. The zero-order chi connectivity index (χ0) is 13.0. The molecule has 0 bridgehead atoms. The summed E-state index contributed by atoms with van der Waals surface area (Å²) in [6.45, 7) is 0.152. The predicted octanol–water partition coefficient (Wildman–Crippen LogP) is 0.549. The van der Waals surface area contributed by atoms with Crippen LogP contribution in [0.3, 0.4) is 0 Å². The molecule has 0 atom stereocenters. The van der Waals surface area contributed by atoms with E-state index in [0.717, 1.165) is 17.0 Å². The second kappa shape index (κ2) is 5.33. The summed E-state index contributed by atoms with van der Waals surface area (Å²) in [6.07, 6.45) is 3.38. The van der Waals surface area contributed by atoms with Crippen LogP contribution >= 0.6 is 0 Å². The van der Waals surface area contributed by atoms with Crippen LogP contribution in [0.1, 0.15) is 0 Å². The molecule has 0 aliphatic heterocycles. The molecule has 0 aliphatic carbocycles. The molecule has 0 saturated carbocycles. The van der Waals surface area contributed by atoms with E-state index < -0.39 is 0 Å². The number of hydrogen-bond donors (Lipinski definition) is 2. The highest BCUT2D eigenvalue weighted by atomic mass is 16.5. The van der Waals surface area contributed by atoms with E-state index in [4.69, 9.17) is 10.6 Å². The van der Waals surface area contributed by atoms with Gasteiger partial charge in [0.25, 0.3) is 5.91 Å². The molecule has 0 aliphatic rings. The standard InChI is InChI=1S/C12H14N4O2/c1-18-10-4-2-9(3-5-10)11-6-16(8-14-11)7-12(17)15-13/h2-6,8H,7,13H2,1H3,(H,15,17). The van der Waals surface area contributed by atoms with Gasteiger partial charge in [0, 0.05) is 11.8 Å². The minimum atomic E-state index is -0.270. The van der Waals surface area contributed by atoms with Gasteiger partial charge in [-0.05, 0) is 24.3 Å². The first kappa shape index (κ1) is 12.1. The van der Waals surface area contributed by atoms with Gasteiger partial charge in [0.15, 0.2) is 0 Å². The van der Waals surface area contributed by atoms with Gasteiger partial charge in [-0.15, -0.1) is 0 Å². The number of imidazole rings is 1. The van der Waals surface area contributed by atoms with Gasteiger partial charge in [-0.2, -0.15) is 0 Å². The van der Waals surface area contributed by atoms with Gasteiger partial charge in [-0.25, -0.2) is 10.8 Å². The largest absolute Gasteiger partial charge is 0.497 e. The first-order valence-electron chi connectivity index (χ1n) is 5.38. The number of amides is 1. The Morgan fingerprint density at radius 1 is 1.44 bits per heavy atom. The van der Waals surface area contributed by atoms with Crippen LogP contribution in [-0.2, 0) is 11.3 Å². The Morgan fingerprint density at radius 3 is 2.78 bits per heavy atom. The molecule has 1 aromatic heterocycles. The molecule has 6 heteroatoms. The molecule has 0 saturated heterocycles. The summed E-state index contributed by atoms with van der Waals surface area (Å²) in [4.78, 5) is 15.3. The number of hydrogen-bond acceptors (Lipinski definition) is 4. The van der Waals surface area contributed by atoms with Crippen molar-refractivity contribution in [2.75, 3.05) is 7.11 Å². The molecule has 18 heavy (non-hydrogen) atoms. The molecule has 2 aromatic rings. The number of nitrogens with one attached hydrogen (secondary N) is 1. The quantitative estimate of drug-likeness (QED) is 0.469. The summed E-state index contributed by atoms with van der Waals surface area (Å²) in [6, 6.07) is 7.55. The van der Waals surface area contributed by atoms with E-state index in [-0.39, 0.29) is 12.5 Å². The SMILES string of the molecule is COc1ccc(-c2cn(CC(=O)NN)cn2)cc1. The number of ether oxygens (including phenoxy) is 1. The fraction of sp³-hybridized carbons (Fsp3) is 0.167. The van der Waals surface area contributed by atoms with E-state index in [9.17, 15) is 4.79 Å². The van der Waals surface area contributed by atoms with Gasteiger partial charge in [-0.3, -0.25) is 10.2 Å². The molecule has 94 valence electrons. The predicted molar refractivity (Wildman–Crippen MR) is 66.5 cm³/mol. The number of carbonyl (C=O) groups excluding carboxylic acids is 1. The number of benzene rings is 1. The van der Waals surface area contributed by atoms with Crippen molar-refractivity contribution in [3.63, 3.8) is 0 Å². The lowest BCUT2D eigenvalue weighted by Gasteiger charge is -2.01. The average Bonchev–Trinajstić information content (AvgIpc) is 2.87. The van der Waals surface area contributed by atoms with Gasteiger partial charge in [-0.1, -0.05) is 0 Å². The van der Waals surface area contributed by atoms with E-state index in [1.54, 1.807) is 24.2 Å². The number of methoxy groups -OCH3 is 1. The summed E-state index contributed by atoms with van der Waals surface area (Å²) >= 11 is 0. The number of aromatic nitrogens is 2. The highest BCUT2D eigenvalue weighted by Crippen LogP contribution is 2.20. The molecule has 0 fully saturated rings. The second-order valence-electron chi connectivity index (χ2n) is 3.73. The van der Waals surface area contributed by atoms with Crippen molar-refractivity contribution in [1.82, 2.24) is 15.0 Å². The number of carbonyl (C=O) groups is 1. The first-order valence-corrected chi connectivity index (χ1v) is 5.38. The normalized spacial score (nSPS) is 10.1. The maximum Gasteiger partial charge on any atom is 0.253 e. The van der Waals surface area contributed by atoms with E-state index in [2.05, 4.69) is 10.4 Å². The van der Waals surface area contributed by atoms with Crippen LogP contribution in [0.5, 0.6) is 5.75 Å². The fourth-order valence-corrected chi connectivity index (χ4v) is 1.57. The molecule has 0 unspecified atom stereocenters. The van der Waals surface area contributed by atoms with Crippen LogP contribution in [0.2, 0.25) is 0 Å². The lowest BCUT2D eigenvalue weighted by atomic mass is 10.2. The summed E-state index contributed by atoms with van der Waals surface area (Å²) in [5.74, 6) is 5.55. The molecule has 6 nitrogen and oxygen atoms in total. The monoisotopic (exact) mass is 246 g/mol. The van der Waals surface area contributed by atoms with Crippen molar-refractivity contribution >= 4 is 5.91 Å². The minimum absolute atomic E-state index is 0.152. The minimum Gasteiger partial charge on any atom is -0.497 e. The van der Waals surface area contributed by atoms with E-state index in [1.807, 2.05) is 24.3 Å². The number of nitrogens with two attached hydrogens (primary N) is 1. The van der Waals surface area contributed by atoms with Crippen molar-refractivity contribution in [2.45, 2.75) is 6.54 Å². The number of nitrogens with zero attached hydrogens (tertiary/aromatic N) is 2. The second-order valence-corrected chi connectivity index (χ2v) is 3.73. The Balaban J connectivity index is 2.15. The van der Waals surface area contributed by atoms with E-state index >= 15 is 0 Å². The maximum absolute atomic E-state index is 11.1. The van der Waals surface area contributed by atoms with Crippen LogP contribution in [0.15, 0.2) is 36.8 Å². The van der Waals surface area contributed by atoms with Crippen LogP contribution in [-0.4, -0.2) is 22.6 Å². The zero-order valence-corrected chi connectivity index (χ0v) is 9.96. The Bertz CT molecular complexity index is 533. The highest BCUT2D eigenvalue weighted by molar-refractivity contribution is 5.75. The molecule has 1 heterocycles. The van der Waals surface area contributed by atoms with Crippen molar-refractivity contribution in [2.24, 2.45) is 5.84 Å². The molecular weight excluding hydrogens is 232 g/mol. The molecule has 2 rings (SSSR count). The lowest BCUT2D eigenvalue weighted by molar-refractivity contribution is -0.121. The van der Waals surface area contributed by atoms with Crippen LogP contribution in [0.25, 0.3) is 11.3 Å². The van der Waals surface area contributed by atoms with Crippen LogP contribution in [0.4, 0.5) is 0 Å². The van der Waals surface area contributed by atoms with Gasteiger partial charge >= 0.3 is 0 Å². The van der Waals surface area contributed by atoms with Crippen molar-refractivity contribution in [3.05, 3.63) is 36.8 Å². The van der Waals surface area contributed by atoms with E-state index in [1.165, 1.54) is 0 Å². The lowest BCUT2D eigenvalue weighted by Crippen LogP contribution is -2.32. The van der Waals surface area contributed by atoms with Crippen LogP contribution < -0.4 is 16.0 Å². The summed E-state index contributed by atoms with van der Waals surface area (Å²) in [7, 11) is 1.62. The molecule has 0 spiro atoms. The third-order valence-electron chi connectivity index (χ3n) is 2.51. The van der Waals surface area contributed by atoms with Crippen molar-refractivity contribution in [3.8, 4) is 17.0 Å². The third-order valence-corrected chi connectivity index (χ3v) is 2.51. The average molecular weight is 246 g/mol. The highest BCUT2D eigenvalue weighted by Gasteiger charge is 2.05. The Morgan fingerprint density at radius 2 is 2.17 bits per heavy atom. The molecule has 1 amide bonds. The smallest absolute Gasteiger partial charge is 0.253 e. The summed E-state index contributed by atoms with van der Waals surface area (Å²) < 4.78 is 6.75. The molecule has 1 aromatic carbocycles. The van der Waals surface area contributed by atoms with E-state index in [0.29, 0.717) is 0 Å². The zero-order valence-electron chi connectivity index (χ0n) is 9.96. The first-order chi connectivity index (χ1) is 8.72. The number of hydrazine groups is 1. The molecular formula is C12H14N4O2. The van der Waals surface area contributed by atoms with Gasteiger partial charge < -0.3 is 9.30 Å². The summed E-state index contributed by atoms with van der Waals surface area (Å²) in [5, 5.41) is 0. The third kappa shape index (κ3) is 2.67. The fourth-order valence-electron chi connectivity index (χ4n) is 1.57. The Hall–Kier alpha value is -2.34. The van der Waals surface area contributed by atoms with Gasteiger partial charge in [0.2, 0.25) is 0 Å². The topological polar surface area (TPSA) is 82.2 Å². The van der Waals surface area contributed by atoms with Crippen molar-refractivity contribution < 1.29 is 9.53 Å². The molecule has 0 radical (unpaired) electrons. The summed E-state index contributed by atoms with van der Waals surface area (Å²) in [5.41, 5.74) is 3.83. The Labute approximate surface area is 104 Å². The number of rotatable bonds is 4. The van der Waals surface area contributed by atoms with Crippen LogP contribution in [0, 0.1) is 0 Å².